The zero-order chi connectivity index (χ0) is 21.3. The Morgan fingerprint density at radius 1 is 0.750 bits per heavy atom. The van der Waals surface area contributed by atoms with Crippen LogP contribution < -0.4 is 0 Å². The van der Waals surface area contributed by atoms with E-state index in [2.05, 4.69) is 0 Å². The van der Waals surface area contributed by atoms with Gasteiger partial charge in [-0.05, 0) is 46.3 Å². The molecule has 0 spiro atoms. The van der Waals surface area contributed by atoms with Crippen molar-refractivity contribution in [2.45, 2.75) is 34.6 Å². The van der Waals surface area contributed by atoms with Gasteiger partial charge in [-0.1, -0.05) is 0 Å². The van der Waals surface area contributed by atoms with Crippen LogP contribution in [0.1, 0.15) is 58.2 Å². The Labute approximate surface area is 167 Å². The predicted octanol–water partition coefficient (Wildman–Crippen LogP) is 2.92. The first kappa shape index (κ1) is 23.4. The topological polar surface area (TPSA) is 105 Å². The van der Waals surface area contributed by atoms with Gasteiger partial charge in [-0.3, -0.25) is 0 Å². The maximum Gasteiger partial charge on any atom is 0.348 e. The Balaban J connectivity index is 3.61. The maximum absolute atomic E-state index is 12.4. The van der Waals surface area contributed by atoms with Crippen LogP contribution in [0, 0.1) is 6.92 Å². The summed E-state index contributed by atoms with van der Waals surface area (Å²) in [6.45, 7) is 8.47. The molecule has 0 fully saturated rings. The van der Waals surface area contributed by atoms with Gasteiger partial charge in [-0.2, -0.15) is 0 Å². The number of carbonyl (C=O) groups excluding carboxylic acids is 4. The third-order valence-electron chi connectivity index (χ3n) is 3.39. The lowest BCUT2D eigenvalue weighted by molar-refractivity contribution is -0.146. The molecule has 0 atom stereocenters. The first-order chi connectivity index (χ1) is 13.3. The maximum atomic E-state index is 12.4. The van der Waals surface area contributed by atoms with Gasteiger partial charge in [0.1, 0.15) is 15.3 Å². The summed E-state index contributed by atoms with van der Waals surface area (Å²) < 4.78 is 19.9. The SMILES string of the molecule is CCOC(=O)C(=Cc1c(C(=O)OCC)sc(C(=O)OCC)c1C)C(=O)OCC. The molecule has 9 heteroatoms. The van der Waals surface area contributed by atoms with Crippen LogP contribution in [0.4, 0.5) is 0 Å². The van der Waals surface area contributed by atoms with Gasteiger partial charge in [0.15, 0.2) is 0 Å². The Morgan fingerprint density at radius 2 is 1.18 bits per heavy atom. The summed E-state index contributed by atoms with van der Waals surface area (Å²) in [5.74, 6) is -3.06. The fourth-order valence-electron chi connectivity index (χ4n) is 2.20. The van der Waals surface area contributed by atoms with Gasteiger partial charge in [0.25, 0.3) is 0 Å². The molecule has 0 radical (unpaired) electrons. The minimum atomic E-state index is -0.890. The van der Waals surface area contributed by atoms with E-state index in [0.717, 1.165) is 11.3 Å². The van der Waals surface area contributed by atoms with Gasteiger partial charge in [-0.25, -0.2) is 19.2 Å². The van der Waals surface area contributed by atoms with E-state index in [-0.39, 0.29) is 47.3 Å². The molecule has 1 aromatic rings. The molecule has 0 aliphatic rings. The minimum absolute atomic E-state index is 0.0526. The van der Waals surface area contributed by atoms with Gasteiger partial charge in [-0.15, -0.1) is 11.3 Å². The highest BCUT2D eigenvalue weighted by atomic mass is 32.1. The monoisotopic (exact) mass is 412 g/mol. The predicted molar refractivity (Wildman–Crippen MR) is 102 cm³/mol. The number of hydrogen-bond acceptors (Lipinski definition) is 9. The molecule has 0 aliphatic carbocycles. The highest BCUT2D eigenvalue weighted by molar-refractivity contribution is 7.16. The number of carbonyl (C=O) groups is 4. The normalized spacial score (nSPS) is 10.0. The average Bonchev–Trinajstić information content (AvgIpc) is 2.97. The van der Waals surface area contributed by atoms with Crippen molar-refractivity contribution in [3.8, 4) is 0 Å². The highest BCUT2D eigenvalue weighted by Crippen LogP contribution is 2.32. The van der Waals surface area contributed by atoms with Crippen molar-refractivity contribution in [1.82, 2.24) is 0 Å². The molecular formula is C19H24O8S. The number of rotatable bonds is 9. The van der Waals surface area contributed by atoms with E-state index in [1.165, 1.54) is 6.08 Å². The van der Waals surface area contributed by atoms with Crippen LogP contribution in [0.25, 0.3) is 6.08 Å². The molecule has 8 nitrogen and oxygen atoms in total. The molecule has 28 heavy (non-hydrogen) atoms. The zero-order valence-electron chi connectivity index (χ0n) is 16.6. The molecule has 0 saturated carbocycles. The smallest absolute Gasteiger partial charge is 0.348 e. The number of thiophene rings is 1. The third kappa shape index (κ3) is 5.66. The summed E-state index contributed by atoms with van der Waals surface area (Å²) >= 11 is 0.876. The molecule has 0 aromatic carbocycles. The van der Waals surface area contributed by atoms with E-state index in [9.17, 15) is 19.2 Å². The Bertz CT molecular complexity index is 755. The second-order valence-electron chi connectivity index (χ2n) is 5.24. The summed E-state index contributed by atoms with van der Waals surface area (Å²) in [7, 11) is 0. The first-order valence-electron chi connectivity index (χ1n) is 8.85. The molecular weight excluding hydrogens is 388 g/mol. The lowest BCUT2D eigenvalue weighted by atomic mass is 10.1. The summed E-state index contributed by atoms with van der Waals surface area (Å²) in [5.41, 5.74) is 0.214. The molecule has 1 heterocycles. The lowest BCUT2D eigenvalue weighted by Crippen LogP contribution is -2.18. The summed E-state index contributed by atoms with van der Waals surface area (Å²) in [6, 6.07) is 0. The minimum Gasteiger partial charge on any atom is -0.462 e. The molecule has 0 amide bonds. The second kappa shape index (κ2) is 11.2. The molecule has 1 rings (SSSR count). The van der Waals surface area contributed by atoms with Crippen LogP contribution in [0.2, 0.25) is 0 Å². The van der Waals surface area contributed by atoms with E-state index in [0.29, 0.717) is 5.56 Å². The molecule has 0 N–H and O–H groups in total. The number of hydrogen-bond donors (Lipinski definition) is 0. The van der Waals surface area contributed by atoms with E-state index in [1.807, 2.05) is 0 Å². The fraction of sp³-hybridized carbons (Fsp3) is 0.474. The molecule has 1 aromatic heterocycles. The molecule has 0 unspecified atom stereocenters. The van der Waals surface area contributed by atoms with Crippen molar-refractivity contribution < 1.29 is 38.1 Å². The van der Waals surface area contributed by atoms with Crippen molar-refractivity contribution >= 4 is 41.3 Å². The number of ether oxygens (including phenoxy) is 4. The fourth-order valence-corrected chi connectivity index (χ4v) is 3.28. The Hall–Kier alpha value is -2.68. The third-order valence-corrected chi connectivity index (χ3v) is 4.66. The quantitative estimate of drug-likeness (QED) is 0.200. The molecule has 154 valence electrons. The standard InChI is InChI=1S/C19H24O8S/c1-6-24-16(20)13(17(21)25-7-2)10-12-11(5)14(18(22)26-8-3)28-15(12)19(23)27-9-4/h10H,6-9H2,1-5H3. The van der Waals surface area contributed by atoms with Crippen molar-refractivity contribution in [3.05, 3.63) is 26.5 Å². The summed E-state index contributed by atoms with van der Waals surface area (Å²) in [4.78, 5) is 49.3. The van der Waals surface area contributed by atoms with E-state index < -0.39 is 23.9 Å². The van der Waals surface area contributed by atoms with Crippen LogP contribution in [0.15, 0.2) is 5.57 Å². The molecule has 0 bridgehead atoms. The summed E-state index contributed by atoms with van der Waals surface area (Å²) in [6.07, 6.45) is 1.19. The van der Waals surface area contributed by atoms with E-state index in [4.69, 9.17) is 18.9 Å². The summed E-state index contributed by atoms with van der Waals surface area (Å²) in [5, 5.41) is 0. The highest BCUT2D eigenvalue weighted by Gasteiger charge is 2.28. The average molecular weight is 412 g/mol. The lowest BCUT2D eigenvalue weighted by Gasteiger charge is -2.08. The molecule has 0 aliphatic heterocycles. The van der Waals surface area contributed by atoms with E-state index >= 15 is 0 Å². The Kier molecular flexibility index (Phi) is 9.37. The van der Waals surface area contributed by atoms with Crippen LogP contribution in [0.5, 0.6) is 0 Å². The van der Waals surface area contributed by atoms with Crippen molar-refractivity contribution in [2.75, 3.05) is 26.4 Å². The van der Waals surface area contributed by atoms with Gasteiger partial charge in [0, 0.05) is 5.56 Å². The van der Waals surface area contributed by atoms with Crippen molar-refractivity contribution in [3.63, 3.8) is 0 Å². The van der Waals surface area contributed by atoms with Crippen molar-refractivity contribution in [2.24, 2.45) is 0 Å². The number of esters is 4. The van der Waals surface area contributed by atoms with Crippen molar-refractivity contribution in [1.29, 1.82) is 0 Å². The van der Waals surface area contributed by atoms with Crippen LogP contribution in [-0.2, 0) is 28.5 Å². The zero-order valence-corrected chi connectivity index (χ0v) is 17.4. The molecule has 0 saturated heterocycles. The van der Waals surface area contributed by atoms with Gasteiger partial charge in [0.05, 0.1) is 26.4 Å². The first-order valence-corrected chi connectivity index (χ1v) is 9.67. The van der Waals surface area contributed by atoms with Gasteiger partial charge >= 0.3 is 23.9 Å². The van der Waals surface area contributed by atoms with Crippen LogP contribution in [-0.4, -0.2) is 50.3 Å². The Morgan fingerprint density at radius 3 is 1.61 bits per heavy atom. The van der Waals surface area contributed by atoms with Gasteiger partial charge in [0.2, 0.25) is 0 Å². The van der Waals surface area contributed by atoms with Crippen LogP contribution in [0.3, 0.4) is 0 Å². The van der Waals surface area contributed by atoms with Gasteiger partial charge < -0.3 is 18.9 Å². The van der Waals surface area contributed by atoms with Crippen LogP contribution >= 0.6 is 11.3 Å². The van der Waals surface area contributed by atoms with E-state index in [1.54, 1.807) is 34.6 Å². The second-order valence-corrected chi connectivity index (χ2v) is 6.26. The largest absolute Gasteiger partial charge is 0.462 e.